The maximum absolute atomic E-state index is 5.22. The predicted molar refractivity (Wildman–Crippen MR) is 60.0 cm³/mol. The van der Waals surface area contributed by atoms with Crippen LogP contribution in [0.1, 0.15) is 11.1 Å². The summed E-state index contributed by atoms with van der Waals surface area (Å²) in [7, 11) is 2.26. The molecule has 14 heavy (non-hydrogen) atoms. The van der Waals surface area contributed by atoms with Crippen molar-refractivity contribution in [2.24, 2.45) is 0 Å². The first-order valence-corrected chi connectivity index (χ1v) is 5.97. The molecule has 2 nitrogen and oxygen atoms in total. The Morgan fingerprint density at radius 2 is 1.79 bits per heavy atom. The standard InChI is InChI=1S/C11H15O2Si/c1-4-10-5-7-11(8-6-10)9-14(12-2)13-3/h4-8H,1,9H2,2-3H3. The molecule has 1 radical (unpaired) electrons. The molecule has 0 unspecified atom stereocenters. The first kappa shape index (κ1) is 11.2. The minimum atomic E-state index is -1.12. The van der Waals surface area contributed by atoms with E-state index in [9.17, 15) is 0 Å². The lowest BCUT2D eigenvalue weighted by Gasteiger charge is -2.08. The van der Waals surface area contributed by atoms with Crippen LogP contribution in [-0.2, 0) is 14.9 Å². The fourth-order valence-electron chi connectivity index (χ4n) is 1.17. The molecule has 0 fully saturated rings. The van der Waals surface area contributed by atoms with E-state index in [-0.39, 0.29) is 0 Å². The first-order chi connectivity index (χ1) is 6.80. The van der Waals surface area contributed by atoms with E-state index in [0.717, 1.165) is 11.6 Å². The highest BCUT2D eigenvalue weighted by Crippen LogP contribution is 2.07. The van der Waals surface area contributed by atoms with E-state index < -0.39 is 9.28 Å². The summed E-state index contributed by atoms with van der Waals surface area (Å²) >= 11 is 0. The summed E-state index contributed by atoms with van der Waals surface area (Å²) in [6.07, 6.45) is 1.84. The fraction of sp³-hybridized carbons (Fsp3) is 0.273. The minimum Gasteiger partial charge on any atom is -0.397 e. The molecule has 0 aliphatic rings. The summed E-state index contributed by atoms with van der Waals surface area (Å²) in [4.78, 5) is 0. The van der Waals surface area contributed by atoms with E-state index in [0.29, 0.717) is 0 Å². The Kier molecular flexibility index (Phi) is 4.59. The molecule has 0 spiro atoms. The zero-order valence-corrected chi connectivity index (χ0v) is 9.62. The largest absolute Gasteiger partial charge is 0.397 e. The van der Waals surface area contributed by atoms with Crippen molar-refractivity contribution >= 4 is 15.4 Å². The summed E-state index contributed by atoms with van der Waals surface area (Å²) in [5.41, 5.74) is 2.38. The van der Waals surface area contributed by atoms with Crippen molar-refractivity contribution in [1.82, 2.24) is 0 Å². The average molecular weight is 207 g/mol. The Labute approximate surface area is 87.0 Å². The Hall–Kier alpha value is -0.903. The van der Waals surface area contributed by atoms with Gasteiger partial charge in [0, 0.05) is 20.3 Å². The van der Waals surface area contributed by atoms with Crippen LogP contribution in [-0.4, -0.2) is 23.5 Å². The molecule has 0 aliphatic carbocycles. The van der Waals surface area contributed by atoms with Gasteiger partial charge >= 0.3 is 9.28 Å². The number of hydrogen-bond donors (Lipinski definition) is 0. The fourth-order valence-corrected chi connectivity index (χ4v) is 2.19. The van der Waals surface area contributed by atoms with Crippen LogP contribution in [0.4, 0.5) is 0 Å². The molecule has 1 rings (SSSR count). The van der Waals surface area contributed by atoms with Gasteiger partial charge in [0.05, 0.1) is 0 Å². The van der Waals surface area contributed by atoms with Crippen molar-refractivity contribution in [2.75, 3.05) is 14.2 Å². The third-order valence-electron chi connectivity index (χ3n) is 2.02. The third-order valence-corrected chi connectivity index (χ3v) is 3.63. The maximum atomic E-state index is 5.22. The van der Waals surface area contributed by atoms with Gasteiger partial charge in [0.15, 0.2) is 0 Å². The summed E-state index contributed by atoms with van der Waals surface area (Å²) in [5.74, 6) is 0. The first-order valence-electron chi connectivity index (χ1n) is 4.45. The number of hydrogen-bond acceptors (Lipinski definition) is 2. The van der Waals surface area contributed by atoms with Gasteiger partial charge in [-0.15, -0.1) is 0 Å². The molecule has 75 valence electrons. The molecular formula is C11H15O2Si. The summed E-state index contributed by atoms with van der Waals surface area (Å²) in [6.45, 7) is 3.71. The Morgan fingerprint density at radius 1 is 1.21 bits per heavy atom. The molecule has 0 saturated carbocycles. The monoisotopic (exact) mass is 207 g/mol. The molecular weight excluding hydrogens is 192 g/mol. The highest BCUT2D eigenvalue weighted by atomic mass is 28.3. The van der Waals surface area contributed by atoms with E-state index in [2.05, 4.69) is 18.7 Å². The smallest absolute Gasteiger partial charge is 0.388 e. The van der Waals surface area contributed by atoms with E-state index >= 15 is 0 Å². The van der Waals surface area contributed by atoms with Crippen LogP contribution in [0.5, 0.6) is 0 Å². The van der Waals surface area contributed by atoms with Crippen molar-refractivity contribution in [2.45, 2.75) is 6.04 Å². The van der Waals surface area contributed by atoms with E-state index in [1.807, 2.05) is 18.2 Å². The van der Waals surface area contributed by atoms with Gasteiger partial charge in [0.2, 0.25) is 0 Å². The molecule has 0 atom stereocenters. The topological polar surface area (TPSA) is 18.5 Å². The number of rotatable bonds is 5. The third kappa shape index (κ3) is 3.10. The second kappa shape index (κ2) is 5.75. The molecule has 0 aliphatic heterocycles. The van der Waals surface area contributed by atoms with Crippen molar-refractivity contribution in [3.05, 3.63) is 42.0 Å². The van der Waals surface area contributed by atoms with Crippen molar-refractivity contribution in [1.29, 1.82) is 0 Å². The lowest BCUT2D eigenvalue weighted by Crippen LogP contribution is -2.22. The molecule has 0 N–H and O–H groups in total. The van der Waals surface area contributed by atoms with Crippen LogP contribution in [0.15, 0.2) is 30.8 Å². The van der Waals surface area contributed by atoms with Gasteiger partial charge in [-0.1, -0.05) is 36.9 Å². The molecule has 0 heterocycles. The van der Waals surface area contributed by atoms with Crippen LogP contribution in [0.2, 0.25) is 0 Å². The predicted octanol–water partition coefficient (Wildman–Crippen LogP) is 2.19. The second-order valence-electron chi connectivity index (χ2n) is 2.90. The van der Waals surface area contributed by atoms with Gasteiger partial charge in [-0.25, -0.2) is 0 Å². The quantitative estimate of drug-likeness (QED) is 0.689. The lowest BCUT2D eigenvalue weighted by molar-refractivity contribution is 0.277. The molecule has 1 aromatic carbocycles. The molecule has 0 aromatic heterocycles. The van der Waals surface area contributed by atoms with Gasteiger partial charge < -0.3 is 8.85 Å². The van der Waals surface area contributed by atoms with Crippen molar-refractivity contribution < 1.29 is 8.85 Å². The summed E-state index contributed by atoms with van der Waals surface area (Å²) in [5, 5.41) is 0. The van der Waals surface area contributed by atoms with Crippen LogP contribution in [0.3, 0.4) is 0 Å². The van der Waals surface area contributed by atoms with Gasteiger partial charge in [-0.3, -0.25) is 0 Å². The maximum Gasteiger partial charge on any atom is 0.388 e. The average Bonchev–Trinajstić information content (AvgIpc) is 2.26. The number of benzene rings is 1. The highest BCUT2D eigenvalue weighted by molar-refractivity contribution is 6.43. The van der Waals surface area contributed by atoms with Crippen molar-refractivity contribution in [3.8, 4) is 0 Å². The van der Waals surface area contributed by atoms with Gasteiger partial charge in [0.1, 0.15) is 0 Å². The SMILES string of the molecule is C=Cc1ccc(C[Si](OC)OC)cc1. The van der Waals surface area contributed by atoms with Crippen LogP contribution >= 0.6 is 0 Å². The highest BCUT2D eigenvalue weighted by Gasteiger charge is 2.12. The zero-order chi connectivity index (χ0) is 10.4. The van der Waals surface area contributed by atoms with E-state index in [1.54, 1.807) is 14.2 Å². The van der Waals surface area contributed by atoms with Gasteiger partial charge in [0.25, 0.3) is 0 Å². The van der Waals surface area contributed by atoms with Crippen LogP contribution < -0.4 is 0 Å². The summed E-state index contributed by atoms with van der Waals surface area (Å²) in [6, 6.07) is 9.13. The summed E-state index contributed by atoms with van der Waals surface area (Å²) < 4.78 is 10.4. The Balaban J connectivity index is 2.63. The molecule has 0 saturated heterocycles. The zero-order valence-electron chi connectivity index (χ0n) is 8.62. The lowest BCUT2D eigenvalue weighted by atomic mass is 10.1. The molecule has 1 aromatic rings. The van der Waals surface area contributed by atoms with Crippen molar-refractivity contribution in [3.63, 3.8) is 0 Å². The minimum absolute atomic E-state index is 0.870. The van der Waals surface area contributed by atoms with Crippen LogP contribution in [0.25, 0.3) is 6.08 Å². The van der Waals surface area contributed by atoms with E-state index in [4.69, 9.17) is 8.85 Å². The van der Waals surface area contributed by atoms with Crippen LogP contribution in [0, 0.1) is 0 Å². The second-order valence-corrected chi connectivity index (χ2v) is 4.82. The van der Waals surface area contributed by atoms with Gasteiger partial charge in [-0.2, -0.15) is 0 Å². The molecule has 0 bridgehead atoms. The van der Waals surface area contributed by atoms with Gasteiger partial charge in [-0.05, 0) is 11.1 Å². The Morgan fingerprint density at radius 3 is 2.21 bits per heavy atom. The normalized spacial score (nSPS) is 10.5. The molecule has 3 heteroatoms. The van der Waals surface area contributed by atoms with E-state index in [1.165, 1.54) is 5.56 Å². The Bertz CT molecular complexity index is 278. The molecule has 0 amide bonds.